The largest absolute Gasteiger partial charge is 0.459 e. The van der Waals surface area contributed by atoms with Crippen LogP contribution in [-0.4, -0.2) is 12.0 Å². The highest BCUT2D eigenvalue weighted by Crippen LogP contribution is 2.22. The molecule has 0 saturated heterocycles. The van der Waals surface area contributed by atoms with Gasteiger partial charge < -0.3 is 14.8 Å². The van der Waals surface area contributed by atoms with Crippen molar-refractivity contribution in [3.05, 3.63) is 90.0 Å². The van der Waals surface area contributed by atoms with Crippen LogP contribution in [0.4, 0.5) is 5.69 Å². The van der Waals surface area contributed by atoms with Gasteiger partial charge in [0.2, 0.25) is 0 Å². The molecule has 0 aliphatic heterocycles. The summed E-state index contributed by atoms with van der Waals surface area (Å²) in [7, 11) is 0. The molecule has 0 radical (unpaired) electrons. The number of benzene rings is 3. The van der Waals surface area contributed by atoms with Crippen molar-refractivity contribution >= 4 is 11.7 Å². The molecule has 1 N–H and O–H groups in total. The van der Waals surface area contributed by atoms with Gasteiger partial charge in [0, 0.05) is 5.69 Å². The van der Waals surface area contributed by atoms with Crippen molar-refractivity contribution in [2.45, 2.75) is 39.8 Å². The summed E-state index contributed by atoms with van der Waals surface area (Å²) in [4.78, 5) is 12.8. The lowest BCUT2D eigenvalue weighted by molar-refractivity contribution is -0.146. The van der Waals surface area contributed by atoms with Crippen LogP contribution in [0.2, 0.25) is 0 Å². The maximum atomic E-state index is 12.8. The first-order valence-corrected chi connectivity index (χ1v) is 10.3. The van der Waals surface area contributed by atoms with Crippen molar-refractivity contribution in [3.63, 3.8) is 0 Å². The molecule has 3 rings (SSSR count). The predicted molar refractivity (Wildman–Crippen MR) is 121 cm³/mol. The van der Waals surface area contributed by atoms with Gasteiger partial charge in [-0.2, -0.15) is 0 Å². The SMILES string of the molecule is Cc1ccc(N[C@@H](CC(C)C)C(=O)OCc2cccc(Oc3ccccc3)c2)cc1. The number of ether oxygens (including phenoxy) is 2. The lowest BCUT2D eigenvalue weighted by atomic mass is 10.0. The van der Waals surface area contributed by atoms with E-state index in [1.807, 2.05) is 85.8 Å². The molecule has 0 bridgehead atoms. The van der Waals surface area contributed by atoms with Crippen molar-refractivity contribution in [2.24, 2.45) is 5.92 Å². The number of para-hydroxylation sites is 1. The first kappa shape index (κ1) is 21.4. The Morgan fingerprint density at radius 3 is 2.30 bits per heavy atom. The molecule has 1 atom stereocenters. The number of carbonyl (C=O) groups excluding carboxylic acids is 1. The molecule has 4 heteroatoms. The molecule has 156 valence electrons. The van der Waals surface area contributed by atoms with Crippen molar-refractivity contribution in [1.82, 2.24) is 0 Å². The van der Waals surface area contributed by atoms with Gasteiger partial charge in [0.15, 0.2) is 0 Å². The molecule has 0 unspecified atom stereocenters. The minimum atomic E-state index is -0.392. The number of carbonyl (C=O) groups is 1. The quantitative estimate of drug-likeness (QED) is 0.423. The normalized spacial score (nSPS) is 11.7. The van der Waals surface area contributed by atoms with E-state index in [1.165, 1.54) is 5.56 Å². The van der Waals surface area contributed by atoms with Gasteiger partial charge in [-0.05, 0) is 61.2 Å². The summed E-state index contributed by atoms with van der Waals surface area (Å²) < 4.78 is 11.5. The third-order valence-electron chi connectivity index (χ3n) is 4.64. The Bertz CT molecular complexity index is 936. The smallest absolute Gasteiger partial charge is 0.328 e. The Morgan fingerprint density at radius 1 is 0.900 bits per heavy atom. The van der Waals surface area contributed by atoms with Crippen molar-refractivity contribution in [1.29, 1.82) is 0 Å². The number of hydrogen-bond donors (Lipinski definition) is 1. The molecule has 0 aromatic heterocycles. The van der Waals surface area contributed by atoms with Crippen LogP contribution in [0.3, 0.4) is 0 Å². The molecule has 0 heterocycles. The molecule has 0 spiro atoms. The topological polar surface area (TPSA) is 47.6 Å². The minimum absolute atomic E-state index is 0.203. The van der Waals surface area contributed by atoms with Crippen molar-refractivity contribution in [2.75, 3.05) is 5.32 Å². The predicted octanol–water partition coefficient (Wildman–Crippen LogP) is 6.36. The molecular weight excluding hydrogens is 374 g/mol. The van der Waals surface area contributed by atoms with Crippen molar-refractivity contribution in [3.8, 4) is 11.5 Å². The molecule has 30 heavy (non-hydrogen) atoms. The summed E-state index contributed by atoms with van der Waals surface area (Å²) >= 11 is 0. The molecule has 3 aromatic rings. The third kappa shape index (κ3) is 6.66. The van der Waals surface area contributed by atoms with E-state index in [4.69, 9.17) is 9.47 Å². The number of rotatable bonds is 9. The van der Waals surface area contributed by atoms with Crippen LogP contribution in [0.25, 0.3) is 0 Å². The van der Waals surface area contributed by atoms with E-state index >= 15 is 0 Å². The van der Waals surface area contributed by atoms with Crippen LogP contribution < -0.4 is 10.1 Å². The van der Waals surface area contributed by atoms with Crippen molar-refractivity contribution < 1.29 is 14.3 Å². The molecular formula is C26H29NO3. The van der Waals surface area contributed by atoms with Gasteiger partial charge in [0.25, 0.3) is 0 Å². The van der Waals surface area contributed by atoms with E-state index in [1.54, 1.807) is 0 Å². The Kier molecular flexibility index (Phi) is 7.50. The summed E-state index contributed by atoms with van der Waals surface area (Å²) in [5.74, 6) is 1.60. The molecule has 0 aliphatic carbocycles. The maximum absolute atomic E-state index is 12.8. The number of nitrogens with one attached hydrogen (secondary N) is 1. The zero-order chi connectivity index (χ0) is 21.3. The first-order chi connectivity index (χ1) is 14.5. The number of hydrogen-bond acceptors (Lipinski definition) is 4. The van der Waals surface area contributed by atoms with Gasteiger partial charge in [0.1, 0.15) is 24.1 Å². The molecule has 4 nitrogen and oxygen atoms in total. The summed E-state index contributed by atoms with van der Waals surface area (Å²) in [5.41, 5.74) is 2.98. The molecule has 0 amide bonds. The molecule has 0 fully saturated rings. The maximum Gasteiger partial charge on any atom is 0.328 e. The highest BCUT2D eigenvalue weighted by atomic mass is 16.5. The van der Waals surface area contributed by atoms with Crippen LogP contribution in [0.5, 0.6) is 11.5 Å². The second-order valence-corrected chi connectivity index (χ2v) is 7.86. The van der Waals surface area contributed by atoms with Gasteiger partial charge in [-0.3, -0.25) is 0 Å². The van der Waals surface area contributed by atoms with Crippen LogP contribution in [0.1, 0.15) is 31.4 Å². The number of aryl methyl sites for hydroxylation is 1. The first-order valence-electron chi connectivity index (χ1n) is 10.3. The van der Waals surface area contributed by atoms with Crippen LogP contribution in [-0.2, 0) is 16.1 Å². The average Bonchev–Trinajstić information content (AvgIpc) is 2.74. The van der Waals surface area contributed by atoms with E-state index in [9.17, 15) is 4.79 Å². The summed E-state index contributed by atoms with van der Waals surface area (Å²) in [6, 6.07) is 24.8. The minimum Gasteiger partial charge on any atom is -0.459 e. The Morgan fingerprint density at radius 2 is 1.60 bits per heavy atom. The second-order valence-electron chi connectivity index (χ2n) is 7.86. The van der Waals surface area contributed by atoms with Gasteiger partial charge in [0.05, 0.1) is 0 Å². The fraction of sp³-hybridized carbons (Fsp3) is 0.269. The average molecular weight is 404 g/mol. The molecule has 0 aliphatic rings. The van der Waals surface area contributed by atoms with E-state index in [-0.39, 0.29) is 12.6 Å². The molecule has 3 aromatic carbocycles. The number of esters is 1. The van der Waals surface area contributed by atoms with E-state index in [0.717, 1.165) is 17.0 Å². The lowest BCUT2D eigenvalue weighted by Crippen LogP contribution is -2.32. The van der Waals surface area contributed by atoms with Crippen LogP contribution in [0.15, 0.2) is 78.9 Å². The Hall–Kier alpha value is -3.27. The van der Waals surface area contributed by atoms with E-state index in [0.29, 0.717) is 18.1 Å². The highest BCUT2D eigenvalue weighted by molar-refractivity contribution is 5.79. The van der Waals surface area contributed by atoms with Gasteiger partial charge in [-0.15, -0.1) is 0 Å². The third-order valence-corrected chi connectivity index (χ3v) is 4.64. The zero-order valence-corrected chi connectivity index (χ0v) is 17.8. The summed E-state index contributed by atoms with van der Waals surface area (Å²) in [5, 5.41) is 3.32. The van der Waals surface area contributed by atoms with E-state index in [2.05, 4.69) is 19.2 Å². The monoisotopic (exact) mass is 403 g/mol. The summed E-state index contributed by atoms with van der Waals surface area (Å²) in [6.07, 6.45) is 0.698. The van der Waals surface area contributed by atoms with Gasteiger partial charge >= 0.3 is 5.97 Å². The van der Waals surface area contributed by atoms with Crippen LogP contribution in [0, 0.1) is 12.8 Å². The Balaban J connectivity index is 1.61. The van der Waals surface area contributed by atoms with Gasteiger partial charge in [-0.25, -0.2) is 4.79 Å². The fourth-order valence-electron chi connectivity index (χ4n) is 3.11. The Labute approximate surface area is 178 Å². The fourth-order valence-corrected chi connectivity index (χ4v) is 3.11. The van der Waals surface area contributed by atoms with Gasteiger partial charge in [-0.1, -0.05) is 61.9 Å². The second kappa shape index (κ2) is 10.5. The number of anilines is 1. The van der Waals surface area contributed by atoms with E-state index < -0.39 is 6.04 Å². The highest BCUT2D eigenvalue weighted by Gasteiger charge is 2.21. The van der Waals surface area contributed by atoms with Crippen LogP contribution >= 0.6 is 0 Å². The molecule has 0 saturated carbocycles. The summed E-state index contributed by atoms with van der Waals surface area (Å²) in [6.45, 7) is 6.44. The zero-order valence-electron chi connectivity index (χ0n) is 17.8. The lowest BCUT2D eigenvalue weighted by Gasteiger charge is -2.20. The standard InChI is InChI=1S/C26H29NO3/c1-19(2)16-25(27-22-14-12-20(3)13-15-22)26(28)29-18-21-8-7-11-24(17-21)30-23-9-5-4-6-10-23/h4-15,17,19,25,27H,16,18H2,1-3H3/t25-/m0/s1.